The van der Waals surface area contributed by atoms with E-state index in [9.17, 15) is 18.0 Å². The minimum Gasteiger partial charge on any atom is -0.488 e. The second kappa shape index (κ2) is 10.0. The van der Waals surface area contributed by atoms with Crippen molar-refractivity contribution in [2.75, 3.05) is 25.4 Å². The van der Waals surface area contributed by atoms with Gasteiger partial charge in [0.2, 0.25) is 10.0 Å². The van der Waals surface area contributed by atoms with Gasteiger partial charge in [0.25, 0.3) is 11.8 Å². The number of carbonyl (C=O) groups excluding carboxylic acids is 2. The van der Waals surface area contributed by atoms with Gasteiger partial charge in [0.1, 0.15) is 17.6 Å². The molecule has 0 unspecified atom stereocenters. The predicted molar refractivity (Wildman–Crippen MR) is 126 cm³/mol. The number of sulfonamides is 1. The Kier molecular flexibility index (Phi) is 7.08. The highest BCUT2D eigenvalue weighted by Crippen LogP contribution is 2.24. The van der Waals surface area contributed by atoms with E-state index < -0.39 is 22.2 Å². The van der Waals surface area contributed by atoms with Crippen LogP contribution >= 0.6 is 0 Å². The lowest BCUT2D eigenvalue weighted by atomic mass is 10.0. The number of piperidine rings is 1. The minimum atomic E-state index is -3.41. The SMILES string of the molecule is CCS(=O)(=O)N1CC[C@@H]2Oc3ccc(cc3)CNC(=O)COc3cc(ccc3C)C(=O)N[C@H]2C1. The monoisotopic (exact) mass is 487 g/mol. The number of amides is 2. The first kappa shape index (κ1) is 24.0. The Balaban J connectivity index is 1.66. The molecule has 2 atom stereocenters. The summed E-state index contributed by atoms with van der Waals surface area (Å²) < 4.78 is 38.3. The number of carbonyl (C=O) groups is 2. The van der Waals surface area contributed by atoms with Crippen molar-refractivity contribution < 1.29 is 27.5 Å². The van der Waals surface area contributed by atoms with Gasteiger partial charge in [-0.3, -0.25) is 9.59 Å². The molecule has 3 heterocycles. The molecule has 0 aliphatic carbocycles. The number of nitrogens with zero attached hydrogens (tertiary/aromatic N) is 1. The van der Waals surface area contributed by atoms with E-state index in [4.69, 9.17) is 9.47 Å². The summed E-state index contributed by atoms with van der Waals surface area (Å²) in [6.45, 7) is 4.04. The standard InChI is InChI=1S/C24H29N3O6S/c1-3-34(30,31)27-11-10-21-20(14-27)26-24(29)18-7-4-16(2)22(12-18)32-15-23(28)25-13-17-5-8-19(33-21)9-6-17/h4-9,12,20-21H,3,10-11,13-15H2,1-2H3,(H,25,28)(H,26,29)/t20-,21-/m0/s1. The molecule has 1 fully saturated rings. The van der Waals surface area contributed by atoms with Crippen LogP contribution in [-0.2, 0) is 21.4 Å². The van der Waals surface area contributed by atoms with Crippen LogP contribution in [0.2, 0.25) is 0 Å². The van der Waals surface area contributed by atoms with Crippen molar-refractivity contribution in [3.63, 3.8) is 0 Å². The third-order valence-electron chi connectivity index (χ3n) is 6.10. The van der Waals surface area contributed by atoms with Crippen LogP contribution < -0.4 is 20.1 Å². The number of benzene rings is 2. The number of hydrogen-bond acceptors (Lipinski definition) is 6. The number of fused-ring (bicyclic) bond motifs is 7. The molecule has 10 heteroatoms. The summed E-state index contributed by atoms with van der Waals surface area (Å²) >= 11 is 0. The molecule has 0 aromatic heterocycles. The molecule has 2 aromatic carbocycles. The second-order valence-electron chi connectivity index (χ2n) is 8.47. The quantitative estimate of drug-likeness (QED) is 0.665. The molecule has 5 rings (SSSR count). The smallest absolute Gasteiger partial charge is 0.258 e. The minimum absolute atomic E-state index is 0.00787. The molecule has 1 saturated heterocycles. The van der Waals surface area contributed by atoms with Crippen molar-refractivity contribution in [3.8, 4) is 11.5 Å². The van der Waals surface area contributed by atoms with E-state index in [0.717, 1.165) is 11.1 Å². The molecule has 2 aromatic rings. The summed E-state index contributed by atoms with van der Waals surface area (Å²) in [5, 5.41) is 5.78. The number of hydrogen-bond donors (Lipinski definition) is 2. The van der Waals surface area contributed by atoms with Crippen LogP contribution in [0.15, 0.2) is 42.5 Å². The van der Waals surface area contributed by atoms with Gasteiger partial charge in [-0.25, -0.2) is 8.42 Å². The summed E-state index contributed by atoms with van der Waals surface area (Å²) in [5.74, 6) is 0.385. The number of ether oxygens (including phenoxy) is 2. The van der Waals surface area contributed by atoms with Crippen LogP contribution in [0.4, 0.5) is 0 Å². The third-order valence-corrected chi connectivity index (χ3v) is 7.94. The van der Waals surface area contributed by atoms with Crippen molar-refractivity contribution >= 4 is 21.8 Å². The van der Waals surface area contributed by atoms with Crippen LogP contribution in [0, 0.1) is 6.92 Å². The average molecular weight is 488 g/mol. The van der Waals surface area contributed by atoms with Gasteiger partial charge in [-0.15, -0.1) is 0 Å². The van der Waals surface area contributed by atoms with Crippen molar-refractivity contribution in [3.05, 3.63) is 59.2 Å². The van der Waals surface area contributed by atoms with Crippen LogP contribution in [-0.4, -0.2) is 62.1 Å². The predicted octanol–water partition coefficient (Wildman–Crippen LogP) is 1.61. The Bertz CT molecular complexity index is 1170. The van der Waals surface area contributed by atoms with E-state index in [-0.39, 0.29) is 30.7 Å². The maximum atomic E-state index is 13.1. The topological polar surface area (TPSA) is 114 Å². The van der Waals surface area contributed by atoms with Gasteiger partial charge in [0.15, 0.2) is 6.61 Å². The van der Waals surface area contributed by atoms with E-state index in [1.54, 1.807) is 37.3 Å². The molecule has 0 spiro atoms. The van der Waals surface area contributed by atoms with Gasteiger partial charge in [-0.1, -0.05) is 18.2 Å². The fourth-order valence-corrected chi connectivity index (χ4v) is 5.16. The molecule has 2 amide bonds. The van der Waals surface area contributed by atoms with E-state index in [2.05, 4.69) is 10.6 Å². The number of aryl methyl sites for hydroxylation is 1. The zero-order chi connectivity index (χ0) is 24.3. The lowest BCUT2D eigenvalue weighted by molar-refractivity contribution is -0.123. The molecule has 2 N–H and O–H groups in total. The highest BCUT2D eigenvalue weighted by molar-refractivity contribution is 7.89. The van der Waals surface area contributed by atoms with Crippen molar-refractivity contribution in [2.45, 2.75) is 39.0 Å². The Hall–Kier alpha value is -3.11. The fourth-order valence-electron chi connectivity index (χ4n) is 4.02. The normalized spacial score (nSPS) is 21.9. The van der Waals surface area contributed by atoms with E-state index >= 15 is 0 Å². The number of rotatable bonds is 2. The molecule has 4 bridgehead atoms. The zero-order valence-corrected chi connectivity index (χ0v) is 20.1. The first-order chi connectivity index (χ1) is 16.2. The van der Waals surface area contributed by atoms with Crippen LogP contribution in [0.25, 0.3) is 0 Å². The highest BCUT2D eigenvalue weighted by atomic mass is 32.2. The molecule has 3 aliphatic rings. The second-order valence-corrected chi connectivity index (χ2v) is 10.7. The highest BCUT2D eigenvalue weighted by Gasteiger charge is 2.36. The van der Waals surface area contributed by atoms with Crippen LogP contribution in [0.5, 0.6) is 11.5 Å². The molecule has 0 saturated carbocycles. The lowest BCUT2D eigenvalue weighted by Crippen LogP contribution is -2.58. The lowest BCUT2D eigenvalue weighted by Gasteiger charge is -2.38. The molecule has 9 nitrogen and oxygen atoms in total. The van der Waals surface area contributed by atoms with Crippen LogP contribution in [0.1, 0.15) is 34.8 Å². The molecular formula is C24H29N3O6S. The number of nitrogens with one attached hydrogen (secondary N) is 2. The first-order valence-electron chi connectivity index (χ1n) is 11.3. The zero-order valence-electron chi connectivity index (χ0n) is 19.2. The summed E-state index contributed by atoms with van der Waals surface area (Å²) in [4.78, 5) is 25.4. The largest absolute Gasteiger partial charge is 0.488 e. The van der Waals surface area contributed by atoms with Crippen molar-refractivity contribution in [1.82, 2.24) is 14.9 Å². The van der Waals surface area contributed by atoms with E-state index in [0.29, 0.717) is 36.6 Å². The average Bonchev–Trinajstić information content (AvgIpc) is 2.83. The fraction of sp³-hybridized carbons (Fsp3) is 0.417. The molecular weight excluding hydrogens is 458 g/mol. The molecule has 3 aliphatic heterocycles. The molecule has 0 radical (unpaired) electrons. The van der Waals surface area contributed by atoms with Crippen molar-refractivity contribution in [2.24, 2.45) is 0 Å². The van der Waals surface area contributed by atoms with Gasteiger partial charge in [-0.05, 0) is 49.2 Å². The van der Waals surface area contributed by atoms with Gasteiger partial charge >= 0.3 is 0 Å². The summed E-state index contributed by atoms with van der Waals surface area (Å²) in [5.41, 5.74) is 2.04. The van der Waals surface area contributed by atoms with Gasteiger partial charge < -0.3 is 20.1 Å². The maximum Gasteiger partial charge on any atom is 0.258 e. The van der Waals surface area contributed by atoms with E-state index in [1.807, 2.05) is 19.1 Å². The molecule has 34 heavy (non-hydrogen) atoms. The Morgan fingerprint density at radius 1 is 1.12 bits per heavy atom. The first-order valence-corrected chi connectivity index (χ1v) is 12.9. The Labute approximate surface area is 199 Å². The maximum absolute atomic E-state index is 13.1. The molecule has 182 valence electrons. The summed E-state index contributed by atoms with van der Waals surface area (Å²) in [7, 11) is -3.41. The Morgan fingerprint density at radius 3 is 2.62 bits per heavy atom. The summed E-state index contributed by atoms with van der Waals surface area (Å²) in [6, 6.07) is 11.8. The Morgan fingerprint density at radius 2 is 1.88 bits per heavy atom. The van der Waals surface area contributed by atoms with Crippen LogP contribution in [0.3, 0.4) is 0 Å². The van der Waals surface area contributed by atoms with Gasteiger partial charge in [0.05, 0.1) is 11.8 Å². The third kappa shape index (κ3) is 5.51. The van der Waals surface area contributed by atoms with E-state index in [1.165, 1.54) is 4.31 Å². The summed E-state index contributed by atoms with van der Waals surface area (Å²) in [6.07, 6.45) is 0.0270. The van der Waals surface area contributed by atoms with Crippen molar-refractivity contribution in [1.29, 1.82) is 0 Å². The van der Waals surface area contributed by atoms with Gasteiger partial charge in [-0.2, -0.15) is 4.31 Å². The van der Waals surface area contributed by atoms with Gasteiger partial charge in [0, 0.05) is 31.6 Å².